The molecule has 0 saturated heterocycles. The van der Waals surface area contributed by atoms with E-state index in [0.717, 1.165) is 62.7 Å². The maximum Gasteiger partial charge on any atom is 0.191 e. The Morgan fingerprint density at radius 1 is 1.35 bits per heavy atom. The van der Waals surface area contributed by atoms with Crippen LogP contribution in [0.2, 0.25) is 0 Å². The monoisotopic (exact) mass is 495 g/mol. The topological polar surface area (TPSA) is 58.8 Å². The minimum atomic E-state index is 0. The molecule has 0 aliphatic heterocycles. The predicted octanol–water partition coefficient (Wildman–Crippen LogP) is 4.07. The van der Waals surface area contributed by atoms with Gasteiger partial charge >= 0.3 is 0 Å². The first-order valence-corrected chi connectivity index (χ1v) is 10.8. The Labute approximate surface area is 179 Å². The third-order valence-electron chi connectivity index (χ3n) is 4.29. The zero-order valence-corrected chi connectivity index (χ0v) is 19.3. The summed E-state index contributed by atoms with van der Waals surface area (Å²) in [7, 11) is 0. The smallest absolute Gasteiger partial charge is 0.191 e. The Kier molecular flexibility index (Phi) is 12.5. The average Bonchev–Trinajstić information content (AvgIpc) is 3.09. The lowest BCUT2D eigenvalue weighted by Gasteiger charge is -2.31. The van der Waals surface area contributed by atoms with Crippen molar-refractivity contribution >= 4 is 41.7 Å². The van der Waals surface area contributed by atoms with Crippen molar-refractivity contribution in [3.63, 3.8) is 0 Å². The van der Waals surface area contributed by atoms with Crippen LogP contribution in [-0.2, 0) is 11.2 Å². The van der Waals surface area contributed by atoms with Crippen LogP contribution in [0.25, 0.3) is 0 Å². The van der Waals surface area contributed by atoms with Crippen molar-refractivity contribution in [2.75, 3.05) is 25.1 Å². The van der Waals surface area contributed by atoms with Crippen LogP contribution < -0.4 is 10.6 Å². The van der Waals surface area contributed by atoms with Gasteiger partial charge < -0.3 is 19.8 Å². The van der Waals surface area contributed by atoms with Gasteiger partial charge in [-0.1, -0.05) is 0 Å². The van der Waals surface area contributed by atoms with Crippen molar-refractivity contribution in [2.45, 2.75) is 64.2 Å². The van der Waals surface area contributed by atoms with E-state index >= 15 is 0 Å². The van der Waals surface area contributed by atoms with Crippen LogP contribution in [-0.4, -0.2) is 49.3 Å². The van der Waals surface area contributed by atoms with Crippen molar-refractivity contribution < 1.29 is 9.15 Å². The first-order valence-electron chi connectivity index (χ1n) is 9.39. The van der Waals surface area contributed by atoms with E-state index in [1.54, 1.807) is 6.26 Å². The number of guanidine groups is 1. The quantitative estimate of drug-likeness (QED) is 0.234. The lowest BCUT2D eigenvalue weighted by molar-refractivity contribution is -0.0152. The summed E-state index contributed by atoms with van der Waals surface area (Å²) in [5, 5.41) is 7.06. The lowest BCUT2D eigenvalue weighted by Crippen LogP contribution is -2.46. The fourth-order valence-corrected chi connectivity index (χ4v) is 3.36. The Bertz CT molecular complexity index is 489. The molecule has 0 radical (unpaired) electrons. The minimum Gasteiger partial charge on any atom is -0.469 e. The maximum absolute atomic E-state index is 5.94. The zero-order chi connectivity index (χ0) is 17.9. The standard InChI is InChI=1S/C19H33N3O2S.HI/c1-15(2)24-18-8-6-16(7-9-18)22-19(21-12-14-25-3)20-11-10-17-5-4-13-23-17;/h4-5,13,15-16,18H,6-12,14H2,1-3H3,(H2,20,21,22);1H. The Balaban J connectivity index is 0.00000338. The molecule has 5 nitrogen and oxygen atoms in total. The molecule has 26 heavy (non-hydrogen) atoms. The van der Waals surface area contributed by atoms with Crippen molar-refractivity contribution in [3.8, 4) is 0 Å². The van der Waals surface area contributed by atoms with E-state index in [1.807, 2.05) is 23.9 Å². The molecular weight excluding hydrogens is 461 g/mol. The predicted molar refractivity (Wildman–Crippen MR) is 122 cm³/mol. The molecule has 1 aliphatic carbocycles. The van der Waals surface area contributed by atoms with Crippen LogP contribution in [0.5, 0.6) is 0 Å². The van der Waals surface area contributed by atoms with Crippen molar-refractivity contribution in [1.82, 2.24) is 10.6 Å². The highest BCUT2D eigenvalue weighted by molar-refractivity contribution is 14.0. The summed E-state index contributed by atoms with van der Waals surface area (Å²) in [6, 6.07) is 4.42. The van der Waals surface area contributed by atoms with E-state index in [9.17, 15) is 0 Å². The fourth-order valence-electron chi connectivity index (χ4n) is 3.08. The third-order valence-corrected chi connectivity index (χ3v) is 4.88. The van der Waals surface area contributed by atoms with Gasteiger partial charge in [0, 0.05) is 24.8 Å². The van der Waals surface area contributed by atoms with Crippen molar-refractivity contribution in [3.05, 3.63) is 24.2 Å². The number of thioether (sulfide) groups is 1. The van der Waals surface area contributed by atoms with E-state index in [4.69, 9.17) is 14.1 Å². The van der Waals surface area contributed by atoms with Crippen molar-refractivity contribution in [2.24, 2.45) is 4.99 Å². The largest absolute Gasteiger partial charge is 0.469 e. The number of rotatable bonds is 9. The van der Waals surface area contributed by atoms with Crippen LogP contribution in [0, 0.1) is 0 Å². The van der Waals surface area contributed by atoms with Crippen LogP contribution in [0.3, 0.4) is 0 Å². The van der Waals surface area contributed by atoms with Crippen LogP contribution in [0.15, 0.2) is 27.8 Å². The Hall–Kier alpha value is -0.410. The lowest BCUT2D eigenvalue weighted by atomic mass is 9.93. The van der Waals surface area contributed by atoms with E-state index in [-0.39, 0.29) is 24.0 Å². The molecule has 0 atom stereocenters. The van der Waals surface area contributed by atoms with Crippen LogP contribution in [0.4, 0.5) is 0 Å². The summed E-state index contributed by atoms with van der Waals surface area (Å²) in [5.41, 5.74) is 0. The third kappa shape index (κ3) is 9.50. The van der Waals surface area contributed by atoms with E-state index in [1.165, 1.54) is 0 Å². The minimum absolute atomic E-state index is 0. The molecule has 1 heterocycles. The number of halogens is 1. The molecule has 1 aromatic rings. The van der Waals surface area contributed by atoms with Gasteiger partial charge in [0.05, 0.1) is 25.0 Å². The second-order valence-corrected chi connectivity index (χ2v) is 7.77. The molecule has 1 aromatic heterocycles. The molecule has 1 saturated carbocycles. The fraction of sp³-hybridized carbons (Fsp3) is 0.737. The Morgan fingerprint density at radius 3 is 2.73 bits per heavy atom. The van der Waals surface area contributed by atoms with Crippen LogP contribution >= 0.6 is 35.7 Å². The van der Waals surface area contributed by atoms with Gasteiger partial charge in [-0.2, -0.15) is 11.8 Å². The summed E-state index contributed by atoms with van der Waals surface area (Å²) in [5.74, 6) is 2.97. The molecular formula is C19H34IN3O2S. The molecule has 7 heteroatoms. The number of ether oxygens (including phenoxy) is 1. The highest BCUT2D eigenvalue weighted by Crippen LogP contribution is 2.22. The summed E-state index contributed by atoms with van der Waals surface area (Å²) >= 11 is 1.82. The van der Waals surface area contributed by atoms with Crippen LogP contribution in [0.1, 0.15) is 45.3 Å². The van der Waals surface area contributed by atoms with Gasteiger partial charge in [-0.05, 0) is 57.9 Å². The second kappa shape index (κ2) is 13.7. The average molecular weight is 495 g/mol. The van der Waals surface area contributed by atoms with Gasteiger partial charge in [0.15, 0.2) is 5.96 Å². The molecule has 0 bridgehead atoms. The normalized spacial score (nSPS) is 20.7. The number of nitrogens with one attached hydrogen (secondary N) is 2. The van der Waals surface area contributed by atoms with Gasteiger partial charge in [0.25, 0.3) is 0 Å². The molecule has 150 valence electrons. The molecule has 0 spiro atoms. The molecule has 2 N–H and O–H groups in total. The first kappa shape index (κ1) is 23.6. The van der Waals surface area contributed by atoms with E-state index in [0.29, 0.717) is 18.2 Å². The van der Waals surface area contributed by atoms with Gasteiger partial charge in [-0.15, -0.1) is 24.0 Å². The van der Waals surface area contributed by atoms with Gasteiger partial charge in [-0.25, -0.2) is 0 Å². The summed E-state index contributed by atoms with van der Waals surface area (Å²) in [6.07, 6.45) is 9.97. The summed E-state index contributed by atoms with van der Waals surface area (Å²) < 4.78 is 11.3. The van der Waals surface area contributed by atoms with Gasteiger partial charge in [0.1, 0.15) is 5.76 Å². The molecule has 2 rings (SSSR count). The number of hydrogen-bond donors (Lipinski definition) is 2. The molecule has 0 unspecified atom stereocenters. The number of nitrogens with zero attached hydrogens (tertiary/aromatic N) is 1. The van der Waals surface area contributed by atoms with E-state index in [2.05, 4.69) is 30.7 Å². The number of furan rings is 1. The van der Waals surface area contributed by atoms with Gasteiger partial charge in [-0.3, -0.25) is 4.99 Å². The molecule has 1 fully saturated rings. The SMILES string of the molecule is CSCCN=C(NCCc1ccco1)NC1CCC(OC(C)C)CC1.I. The number of aliphatic imine (C=N–C) groups is 1. The highest BCUT2D eigenvalue weighted by atomic mass is 127. The summed E-state index contributed by atoms with van der Waals surface area (Å²) in [4.78, 5) is 4.71. The Morgan fingerprint density at radius 2 is 2.12 bits per heavy atom. The first-order chi connectivity index (χ1) is 12.2. The highest BCUT2D eigenvalue weighted by Gasteiger charge is 2.23. The number of hydrogen-bond acceptors (Lipinski definition) is 4. The van der Waals surface area contributed by atoms with Crippen molar-refractivity contribution in [1.29, 1.82) is 0 Å². The second-order valence-electron chi connectivity index (χ2n) is 6.78. The molecule has 1 aliphatic rings. The molecule has 0 aromatic carbocycles. The van der Waals surface area contributed by atoms with Gasteiger partial charge in [0.2, 0.25) is 0 Å². The summed E-state index contributed by atoms with van der Waals surface area (Å²) in [6.45, 7) is 5.89. The zero-order valence-electron chi connectivity index (χ0n) is 16.2. The molecule has 0 amide bonds. The van der Waals surface area contributed by atoms with E-state index < -0.39 is 0 Å². The maximum atomic E-state index is 5.94.